The minimum atomic E-state index is -0.763. The first-order chi connectivity index (χ1) is 12.1. The SMILES string of the molecule is CCCCOc1c(O)c2cc(C(=O)OCCCCO)ccc2oc1=O. The highest BCUT2D eigenvalue weighted by Crippen LogP contribution is 2.32. The third-order valence-corrected chi connectivity index (χ3v) is 3.60. The third kappa shape index (κ3) is 4.73. The molecular weight excluding hydrogens is 328 g/mol. The van der Waals surface area contributed by atoms with Gasteiger partial charge in [-0.05, 0) is 37.5 Å². The second-order valence-corrected chi connectivity index (χ2v) is 5.55. The lowest BCUT2D eigenvalue weighted by atomic mass is 10.1. The van der Waals surface area contributed by atoms with Crippen LogP contribution in [0.1, 0.15) is 43.0 Å². The van der Waals surface area contributed by atoms with Crippen LogP contribution < -0.4 is 10.4 Å². The van der Waals surface area contributed by atoms with Crippen LogP contribution in [0.25, 0.3) is 11.0 Å². The molecule has 0 fully saturated rings. The molecule has 7 heteroatoms. The Morgan fingerprint density at radius 1 is 1.20 bits per heavy atom. The summed E-state index contributed by atoms with van der Waals surface area (Å²) in [5.74, 6) is -1.16. The molecule has 0 aliphatic heterocycles. The predicted molar refractivity (Wildman–Crippen MR) is 91.2 cm³/mol. The molecule has 0 aliphatic carbocycles. The number of unbranched alkanes of at least 4 members (excludes halogenated alkanes) is 2. The van der Waals surface area contributed by atoms with Gasteiger partial charge >= 0.3 is 11.6 Å². The second kappa shape index (κ2) is 9.08. The Hall–Kier alpha value is -2.54. The van der Waals surface area contributed by atoms with Crippen molar-refractivity contribution in [3.05, 3.63) is 34.2 Å². The summed E-state index contributed by atoms with van der Waals surface area (Å²) in [6, 6.07) is 4.28. The number of rotatable bonds is 9. The van der Waals surface area contributed by atoms with Gasteiger partial charge in [0.25, 0.3) is 0 Å². The van der Waals surface area contributed by atoms with E-state index in [1.54, 1.807) is 0 Å². The summed E-state index contributed by atoms with van der Waals surface area (Å²) in [6.45, 7) is 2.50. The van der Waals surface area contributed by atoms with E-state index in [0.717, 1.165) is 12.8 Å². The maximum absolute atomic E-state index is 12.0. The highest BCUT2D eigenvalue weighted by molar-refractivity contribution is 5.96. The number of carbonyl (C=O) groups is 1. The van der Waals surface area contributed by atoms with Crippen molar-refractivity contribution in [3.8, 4) is 11.5 Å². The molecule has 2 rings (SSSR count). The number of carbonyl (C=O) groups excluding carboxylic acids is 1. The van der Waals surface area contributed by atoms with Crippen LogP contribution in [-0.4, -0.2) is 36.0 Å². The normalized spacial score (nSPS) is 10.8. The van der Waals surface area contributed by atoms with Crippen molar-refractivity contribution in [1.29, 1.82) is 0 Å². The van der Waals surface area contributed by atoms with Gasteiger partial charge in [0, 0.05) is 6.61 Å². The molecule has 136 valence electrons. The van der Waals surface area contributed by atoms with Gasteiger partial charge in [-0.1, -0.05) is 13.3 Å². The number of aliphatic hydroxyl groups excluding tert-OH is 1. The van der Waals surface area contributed by atoms with Crippen LogP contribution in [0.15, 0.2) is 27.4 Å². The molecule has 0 bridgehead atoms. The first-order valence-corrected chi connectivity index (χ1v) is 8.29. The Morgan fingerprint density at radius 2 is 2.00 bits per heavy atom. The minimum Gasteiger partial charge on any atom is -0.504 e. The molecular formula is C18H22O7. The highest BCUT2D eigenvalue weighted by Gasteiger charge is 2.17. The molecule has 0 spiro atoms. The standard InChI is InChI=1S/C18H22O7/c1-2-3-9-23-16-15(20)13-11-12(6-7-14(13)25-18(16)22)17(21)24-10-5-4-8-19/h6-7,11,19-20H,2-5,8-10H2,1H3. The number of aromatic hydroxyl groups is 1. The van der Waals surface area contributed by atoms with Crippen LogP contribution in [0.3, 0.4) is 0 Å². The Labute approximate surface area is 144 Å². The van der Waals surface area contributed by atoms with Gasteiger partial charge in [0.2, 0.25) is 5.75 Å². The highest BCUT2D eigenvalue weighted by atomic mass is 16.5. The molecule has 0 amide bonds. The molecule has 7 nitrogen and oxygen atoms in total. The van der Waals surface area contributed by atoms with E-state index < -0.39 is 11.6 Å². The van der Waals surface area contributed by atoms with Crippen LogP contribution in [0.5, 0.6) is 11.5 Å². The van der Waals surface area contributed by atoms with Gasteiger partial charge in [-0.25, -0.2) is 9.59 Å². The van der Waals surface area contributed by atoms with Crippen LogP contribution in [0.4, 0.5) is 0 Å². The lowest BCUT2D eigenvalue weighted by molar-refractivity contribution is 0.0493. The van der Waals surface area contributed by atoms with Crippen molar-refractivity contribution >= 4 is 16.9 Å². The molecule has 0 saturated heterocycles. The number of benzene rings is 1. The van der Waals surface area contributed by atoms with Crippen molar-refractivity contribution < 1.29 is 28.9 Å². The molecule has 0 atom stereocenters. The second-order valence-electron chi connectivity index (χ2n) is 5.55. The zero-order valence-electron chi connectivity index (χ0n) is 14.1. The third-order valence-electron chi connectivity index (χ3n) is 3.60. The molecule has 1 aromatic heterocycles. The van der Waals surface area contributed by atoms with Gasteiger partial charge in [-0.2, -0.15) is 0 Å². The quantitative estimate of drug-likeness (QED) is 0.407. The fourth-order valence-corrected chi connectivity index (χ4v) is 2.20. The Morgan fingerprint density at radius 3 is 2.72 bits per heavy atom. The largest absolute Gasteiger partial charge is 0.504 e. The van der Waals surface area contributed by atoms with Crippen LogP contribution in [-0.2, 0) is 4.74 Å². The lowest BCUT2D eigenvalue weighted by Crippen LogP contribution is -2.09. The van der Waals surface area contributed by atoms with Crippen molar-refractivity contribution in [3.63, 3.8) is 0 Å². The molecule has 0 saturated carbocycles. The van der Waals surface area contributed by atoms with E-state index in [1.165, 1.54) is 18.2 Å². The molecule has 2 aromatic rings. The summed E-state index contributed by atoms with van der Waals surface area (Å²) in [5.41, 5.74) is -0.386. The molecule has 0 radical (unpaired) electrons. The average Bonchev–Trinajstić information content (AvgIpc) is 2.61. The van der Waals surface area contributed by atoms with Crippen molar-refractivity contribution in [1.82, 2.24) is 0 Å². The lowest BCUT2D eigenvalue weighted by Gasteiger charge is -2.09. The summed E-state index contributed by atoms with van der Waals surface area (Å²) in [4.78, 5) is 23.9. The number of ether oxygens (including phenoxy) is 2. The van der Waals surface area contributed by atoms with E-state index in [2.05, 4.69) is 0 Å². The van der Waals surface area contributed by atoms with Crippen LogP contribution >= 0.6 is 0 Å². The van der Waals surface area contributed by atoms with Gasteiger partial charge < -0.3 is 24.1 Å². The van der Waals surface area contributed by atoms with Gasteiger partial charge in [0.1, 0.15) is 5.58 Å². The monoisotopic (exact) mass is 350 g/mol. The van der Waals surface area contributed by atoms with E-state index in [9.17, 15) is 14.7 Å². The smallest absolute Gasteiger partial charge is 0.383 e. The Bertz CT molecular complexity index is 779. The fourth-order valence-electron chi connectivity index (χ4n) is 2.20. The number of hydrogen-bond donors (Lipinski definition) is 2. The molecule has 0 unspecified atom stereocenters. The van der Waals surface area contributed by atoms with Crippen LogP contribution in [0.2, 0.25) is 0 Å². The van der Waals surface area contributed by atoms with Gasteiger partial charge in [-0.15, -0.1) is 0 Å². The van der Waals surface area contributed by atoms with Gasteiger partial charge in [0.15, 0.2) is 5.75 Å². The van der Waals surface area contributed by atoms with E-state index in [4.69, 9.17) is 19.0 Å². The topological polar surface area (TPSA) is 106 Å². The molecule has 1 aromatic carbocycles. The summed E-state index contributed by atoms with van der Waals surface area (Å²) >= 11 is 0. The van der Waals surface area contributed by atoms with Crippen LogP contribution in [0, 0.1) is 0 Å². The molecule has 0 aliphatic rings. The zero-order chi connectivity index (χ0) is 18.2. The summed E-state index contributed by atoms with van der Waals surface area (Å²) in [7, 11) is 0. The predicted octanol–water partition coefficient (Wildman–Crippen LogP) is 2.61. The van der Waals surface area contributed by atoms with E-state index in [0.29, 0.717) is 12.8 Å². The summed E-state index contributed by atoms with van der Waals surface area (Å²) in [6.07, 6.45) is 2.73. The van der Waals surface area contributed by atoms with Crippen molar-refractivity contribution in [2.24, 2.45) is 0 Å². The number of fused-ring (bicyclic) bond motifs is 1. The molecule has 2 N–H and O–H groups in total. The van der Waals surface area contributed by atoms with E-state index in [1.807, 2.05) is 6.92 Å². The van der Waals surface area contributed by atoms with Gasteiger partial charge in [-0.3, -0.25) is 0 Å². The Balaban J connectivity index is 2.25. The number of hydrogen-bond acceptors (Lipinski definition) is 7. The summed E-state index contributed by atoms with van der Waals surface area (Å²) in [5, 5.41) is 19.2. The zero-order valence-corrected chi connectivity index (χ0v) is 14.1. The maximum Gasteiger partial charge on any atom is 0.383 e. The first-order valence-electron chi connectivity index (χ1n) is 8.29. The van der Waals surface area contributed by atoms with Gasteiger partial charge in [0.05, 0.1) is 24.2 Å². The minimum absolute atomic E-state index is 0.0429. The molecule has 1 heterocycles. The van der Waals surface area contributed by atoms with E-state index in [-0.39, 0.29) is 47.9 Å². The summed E-state index contributed by atoms with van der Waals surface area (Å²) < 4.78 is 15.5. The molecule has 25 heavy (non-hydrogen) atoms. The number of aliphatic hydroxyl groups is 1. The first kappa shape index (κ1) is 18.8. The van der Waals surface area contributed by atoms with Crippen molar-refractivity contribution in [2.75, 3.05) is 19.8 Å². The average molecular weight is 350 g/mol. The van der Waals surface area contributed by atoms with Crippen molar-refractivity contribution in [2.45, 2.75) is 32.6 Å². The Kier molecular flexibility index (Phi) is 6.82. The number of esters is 1. The van der Waals surface area contributed by atoms with E-state index >= 15 is 0 Å². The maximum atomic E-state index is 12.0. The fraction of sp³-hybridized carbons (Fsp3) is 0.444.